The number of rotatable bonds is 7. The lowest BCUT2D eigenvalue weighted by molar-refractivity contribution is -0.118. The zero-order valence-electron chi connectivity index (χ0n) is 9.72. The van der Waals surface area contributed by atoms with Crippen LogP contribution in [0, 0.1) is 0 Å². The standard InChI is InChI=1S/C11H23N3O/c1-11(15)13-7-6-12-5-4-10-14-8-2-3-9-14/h12H,2-10H2,1H3,(H,13,15). The summed E-state index contributed by atoms with van der Waals surface area (Å²) in [5.41, 5.74) is 0. The van der Waals surface area contributed by atoms with Crippen LogP contribution in [0.1, 0.15) is 26.2 Å². The lowest BCUT2D eigenvalue weighted by atomic mass is 10.4. The highest BCUT2D eigenvalue weighted by Gasteiger charge is 2.09. The van der Waals surface area contributed by atoms with E-state index in [2.05, 4.69) is 15.5 Å². The minimum Gasteiger partial charge on any atom is -0.355 e. The maximum Gasteiger partial charge on any atom is 0.216 e. The predicted molar refractivity (Wildman–Crippen MR) is 61.8 cm³/mol. The molecule has 4 heteroatoms. The van der Waals surface area contributed by atoms with Crippen molar-refractivity contribution >= 4 is 5.91 Å². The topological polar surface area (TPSA) is 44.4 Å². The van der Waals surface area contributed by atoms with Crippen LogP contribution < -0.4 is 10.6 Å². The smallest absolute Gasteiger partial charge is 0.216 e. The minimum absolute atomic E-state index is 0.0499. The Bertz CT molecular complexity index is 179. The van der Waals surface area contributed by atoms with E-state index < -0.39 is 0 Å². The summed E-state index contributed by atoms with van der Waals surface area (Å²) in [6.07, 6.45) is 3.95. The molecule has 0 aromatic rings. The van der Waals surface area contributed by atoms with Gasteiger partial charge in [0.05, 0.1) is 0 Å². The molecular formula is C11H23N3O. The van der Waals surface area contributed by atoms with Crippen molar-refractivity contribution in [2.24, 2.45) is 0 Å². The molecule has 1 heterocycles. The van der Waals surface area contributed by atoms with Gasteiger partial charge in [0.15, 0.2) is 0 Å². The minimum atomic E-state index is 0.0499. The second-order valence-electron chi connectivity index (χ2n) is 4.14. The molecule has 0 aliphatic carbocycles. The van der Waals surface area contributed by atoms with Crippen LogP contribution in [-0.4, -0.2) is 50.1 Å². The molecule has 1 rings (SSSR count). The molecule has 1 saturated heterocycles. The molecule has 0 aromatic carbocycles. The first-order chi connectivity index (χ1) is 7.29. The number of nitrogens with one attached hydrogen (secondary N) is 2. The van der Waals surface area contributed by atoms with Crippen molar-refractivity contribution in [2.45, 2.75) is 26.2 Å². The second-order valence-corrected chi connectivity index (χ2v) is 4.14. The lowest BCUT2D eigenvalue weighted by Gasteiger charge is -2.14. The molecule has 1 fully saturated rings. The first-order valence-electron chi connectivity index (χ1n) is 5.96. The van der Waals surface area contributed by atoms with Gasteiger partial charge in [0.25, 0.3) is 0 Å². The van der Waals surface area contributed by atoms with Gasteiger partial charge < -0.3 is 15.5 Å². The number of nitrogens with zero attached hydrogens (tertiary/aromatic N) is 1. The highest BCUT2D eigenvalue weighted by atomic mass is 16.1. The molecule has 15 heavy (non-hydrogen) atoms. The van der Waals surface area contributed by atoms with Gasteiger partial charge >= 0.3 is 0 Å². The molecule has 0 aromatic heterocycles. The van der Waals surface area contributed by atoms with Gasteiger partial charge in [0.2, 0.25) is 5.91 Å². The summed E-state index contributed by atoms with van der Waals surface area (Å²) in [7, 11) is 0. The van der Waals surface area contributed by atoms with Crippen molar-refractivity contribution in [2.75, 3.05) is 39.3 Å². The van der Waals surface area contributed by atoms with E-state index in [9.17, 15) is 4.79 Å². The number of carbonyl (C=O) groups is 1. The maximum absolute atomic E-state index is 10.6. The highest BCUT2D eigenvalue weighted by Crippen LogP contribution is 2.06. The molecule has 2 N–H and O–H groups in total. The number of carbonyl (C=O) groups excluding carboxylic acids is 1. The van der Waals surface area contributed by atoms with Gasteiger partial charge in [-0.05, 0) is 45.4 Å². The summed E-state index contributed by atoms with van der Waals surface area (Å²) in [4.78, 5) is 13.1. The molecule has 0 bridgehead atoms. The van der Waals surface area contributed by atoms with Crippen LogP contribution in [-0.2, 0) is 4.79 Å². The van der Waals surface area contributed by atoms with Crippen molar-refractivity contribution in [3.63, 3.8) is 0 Å². The molecule has 0 unspecified atom stereocenters. The molecule has 4 nitrogen and oxygen atoms in total. The van der Waals surface area contributed by atoms with Gasteiger partial charge in [-0.1, -0.05) is 0 Å². The Labute approximate surface area is 92.4 Å². The Morgan fingerprint density at radius 2 is 1.93 bits per heavy atom. The first kappa shape index (κ1) is 12.5. The number of likely N-dealkylation sites (tertiary alicyclic amines) is 1. The van der Waals surface area contributed by atoms with Crippen LogP contribution in [0.4, 0.5) is 0 Å². The van der Waals surface area contributed by atoms with Gasteiger partial charge in [-0.15, -0.1) is 0 Å². The van der Waals surface area contributed by atoms with E-state index in [0.29, 0.717) is 0 Å². The summed E-state index contributed by atoms with van der Waals surface area (Å²) in [6, 6.07) is 0. The van der Waals surface area contributed by atoms with Crippen LogP contribution in [0.15, 0.2) is 0 Å². The SMILES string of the molecule is CC(=O)NCCNCCCN1CCCC1. The maximum atomic E-state index is 10.6. The van der Waals surface area contributed by atoms with Gasteiger partial charge in [-0.2, -0.15) is 0 Å². The number of hydrogen-bond acceptors (Lipinski definition) is 3. The third kappa shape index (κ3) is 6.47. The monoisotopic (exact) mass is 213 g/mol. The average Bonchev–Trinajstić information content (AvgIpc) is 2.68. The third-order valence-electron chi connectivity index (χ3n) is 2.70. The van der Waals surface area contributed by atoms with Crippen LogP contribution >= 0.6 is 0 Å². The van der Waals surface area contributed by atoms with E-state index in [-0.39, 0.29) is 5.91 Å². The van der Waals surface area contributed by atoms with Crippen molar-refractivity contribution in [1.82, 2.24) is 15.5 Å². The largest absolute Gasteiger partial charge is 0.355 e. The Hall–Kier alpha value is -0.610. The Balaban J connectivity index is 1.78. The van der Waals surface area contributed by atoms with Gasteiger partial charge in [0.1, 0.15) is 0 Å². The van der Waals surface area contributed by atoms with Crippen LogP contribution in [0.25, 0.3) is 0 Å². The molecule has 0 radical (unpaired) electrons. The van der Waals surface area contributed by atoms with Crippen LogP contribution in [0.2, 0.25) is 0 Å². The summed E-state index contributed by atoms with van der Waals surface area (Å²) in [5.74, 6) is 0.0499. The average molecular weight is 213 g/mol. The highest BCUT2D eigenvalue weighted by molar-refractivity contribution is 5.72. The predicted octanol–water partition coefficient (Wildman–Crippen LogP) is 0.198. The van der Waals surface area contributed by atoms with E-state index in [1.807, 2.05) is 0 Å². The Morgan fingerprint density at radius 1 is 1.20 bits per heavy atom. The molecule has 1 amide bonds. The first-order valence-corrected chi connectivity index (χ1v) is 5.96. The van der Waals surface area contributed by atoms with E-state index in [0.717, 1.165) is 19.6 Å². The zero-order chi connectivity index (χ0) is 10.9. The van der Waals surface area contributed by atoms with Gasteiger partial charge in [0, 0.05) is 20.0 Å². The van der Waals surface area contributed by atoms with Crippen LogP contribution in [0.3, 0.4) is 0 Å². The fourth-order valence-electron chi connectivity index (χ4n) is 1.89. The lowest BCUT2D eigenvalue weighted by Crippen LogP contribution is -2.31. The molecule has 0 saturated carbocycles. The Morgan fingerprint density at radius 3 is 2.60 bits per heavy atom. The molecular weight excluding hydrogens is 190 g/mol. The van der Waals surface area contributed by atoms with Crippen molar-refractivity contribution < 1.29 is 4.79 Å². The van der Waals surface area contributed by atoms with Crippen LogP contribution in [0.5, 0.6) is 0 Å². The summed E-state index contributed by atoms with van der Waals surface area (Å²) >= 11 is 0. The fourth-order valence-corrected chi connectivity index (χ4v) is 1.89. The summed E-state index contributed by atoms with van der Waals surface area (Å²) < 4.78 is 0. The van der Waals surface area contributed by atoms with Gasteiger partial charge in [-0.25, -0.2) is 0 Å². The number of amides is 1. The molecule has 1 aliphatic rings. The Kier molecular flexibility index (Phi) is 6.36. The van der Waals surface area contributed by atoms with Gasteiger partial charge in [-0.3, -0.25) is 4.79 Å². The number of hydrogen-bond donors (Lipinski definition) is 2. The van der Waals surface area contributed by atoms with E-state index in [4.69, 9.17) is 0 Å². The molecule has 0 spiro atoms. The molecule has 88 valence electrons. The van der Waals surface area contributed by atoms with E-state index in [1.54, 1.807) is 6.92 Å². The molecule has 0 atom stereocenters. The van der Waals surface area contributed by atoms with Crippen molar-refractivity contribution in [3.05, 3.63) is 0 Å². The quantitative estimate of drug-likeness (QED) is 0.594. The molecule has 1 aliphatic heterocycles. The van der Waals surface area contributed by atoms with E-state index in [1.165, 1.54) is 38.9 Å². The van der Waals surface area contributed by atoms with E-state index >= 15 is 0 Å². The van der Waals surface area contributed by atoms with Crippen molar-refractivity contribution in [3.8, 4) is 0 Å². The zero-order valence-corrected chi connectivity index (χ0v) is 9.72. The third-order valence-corrected chi connectivity index (χ3v) is 2.70. The normalized spacial score (nSPS) is 16.9. The summed E-state index contributed by atoms with van der Waals surface area (Å²) in [6.45, 7) is 7.99. The summed E-state index contributed by atoms with van der Waals surface area (Å²) in [5, 5.41) is 6.09. The van der Waals surface area contributed by atoms with Crippen molar-refractivity contribution in [1.29, 1.82) is 0 Å². The second kappa shape index (κ2) is 7.65. The fraction of sp³-hybridized carbons (Fsp3) is 0.909.